The summed E-state index contributed by atoms with van der Waals surface area (Å²) in [6, 6.07) is 3.70. The minimum absolute atomic E-state index is 0.00462. The number of amides is 7. The zero-order valence-corrected chi connectivity index (χ0v) is 42.0. The fourth-order valence-corrected chi connectivity index (χ4v) is 8.26. The van der Waals surface area contributed by atoms with Gasteiger partial charge in [0.2, 0.25) is 41.4 Å². The maximum Gasteiger partial charge on any atom is 0.326 e. The first-order valence-corrected chi connectivity index (χ1v) is 24.6. The number of aliphatic imine (C=N–C) groups is 1. The fraction of sp³-hybridized carbons (Fsp3) is 0.479. The molecule has 1 fully saturated rings. The van der Waals surface area contributed by atoms with E-state index < -0.39 is 114 Å². The number of guanidine groups is 1. The molecule has 2 aromatic carbocycles. The highest BCUT2D eigenvalue weighted by Crippen LogP contribution is 2.21. The first-order chi connectivity index (χ1) is 35.2. The van der Waals surface area contributed by atoms with E-state index in [9.17, 15) is 53.4 Å². The van der Waals surface area contributed by atoms with E-state index in [1.807, 2.05) is 0 Å². The normalized spacial score (nSPS) is 16.3. The number of carboxylic acids is 2. The van der Waals surface area contributed by atoms with Crippen molar-refractivity contribution in [2.75, 3.05) is 18.8 Å². The van der Waals surface area contributed by atoms with Gasteiger partial charge in [0.05, 0.1) is 18.8 Å². The van der Waals surface area contributed by atoms with Crippen LogP contribution in [0.25, 0.3) is 0 Å². The van der Waals surface area contributed by atoms with Gasteiger partial charge in [-0.05, 0) is 54.9 Å². The minimum atomic E-state index is -1.52. The Hall–Kier alpha value is -7.74. The lowest BCUT2D eigenvalue weighted by atomic mass is 9.96. The molecule has 1 aliphatic rings. The summed E-state index contributed by atoms with van der Waals surface area (Å²) in [6.45, 7) is 3.63. The molecule has 1 saturated heterocycles. The highest BCUT2D eigenvalue weighted by Gasteiger charge is 2.41. The molecule has 16 N–H and O–H groups in total. The number of aliphatic carboxylic acids is 2. The summed E-state index contributed by atoms with van der Waals surface area (Å²) in [7, 11) is 0. The highest BCUT2D eigenvalue weighted by atomic mass is 32.1. The smallest absolute Gasteiger partial charge is 0.326 e. The largest absolute Gasteiger partial charge is 0.508 e. The number of hydrogen-bond donors (Lipinski definition) is 14. The third-order valence-corrected chi connectivity index (χ3v) is 12.6. The maximum absolute atomic E-state index is 14.5. The van der Waals surface area contributed by atoms with Crippen LogP contribution in [0.1, 0.15) is 69.2 Å². The molecule has 1 aliphatic heterocycles. The van der Waals surface area contributed by atoms with E-state index >= 15 is 0 Å². The van der Waals surface area contributed by atoms with Gasteiger partial charge >= 0.3 is 11.9 Å². The van der Waals surface area contributed by atoms with E-state index in [2.05, 4.69) is 59.5 Å². The summed E-state index contributed by atoms with van der Waals surface area (Å²) in [5, 5.41) is 44.7. The molecule has 0 saturated carbocycles. The van der Waals surface area contributed by atoms with E-state index in [1.54, 1.807) is 44.2 Å². The van der Waals surface area contributed by atoms with Crippen LogP contribution in [0.3, 0.4) is 0 Å². The Bertz CT molecular complexity index is 2430. The number of imidazole rings is 1. The van der Waals surface area contributed by atoms with Crippen molar-refractivity contribution < 1.29 is 58.5 Å². The molecule has 0 spiro atoms. The van der Waals surface area contributed by atoms with Crippen molar-refractivity contribution in [3.63, 3.8) is 0 Å². The molecule has 0 radical (unpaired) electrons. The number of phenolic OH excluding ortho intramolecular Hbond substituents is 1. The van der Waals surface area contributed by atoms with E-state index in [1.165, 1.54) is 41.7 Å². The highest BCUT2D eigenvalue weighted by molar-refractivity contribution is 7.80. The van der Waals surface area contributed by atoms with E-state index in [-0.39, 0.29) is 69.1 Å². The summed E-state index contributed by atoms with van der Waals surface area (Å²) in [6.07, 6.45) is 2.82. The van der Waals surface area contributed by atoms with Gasteiger partial charge in [-0.3, -0.25) is 43.3 Å². The second-order valence-corrected chi connectivity index (χ2v) is 18.2. The molecule has 0 unspecified atom stereocenters. The molecule has 402 valence electrons. The molecule has 4 rings (SSSR count). The second-order valence-electron chi connectivity index (χ2n) is 17.9. The summed E-state index contributed by atoms with van der Waals surface area (Å²) < 4.78 is 0. The van der Waals surface area contributed by atoms with Gasteiger partial charge in [0.25, 0.3) is 0 Å². The summed E-state index contributed by atoms with van der Waals surface area (Å²) in [5.41, 5.74) is 18.1. The molecule has 74 heavy (non-hydrogen) atoms. The third-order valence-electron chi connectivity index (χ3n) is 12.3. The van der Waals surface area contributed by atoms with Crippen molar-refractivity contribution in [2.24, 2.45) is 28.1 Å². The number of aromatic amines is 1. The zero-order chi connectivity index (χ0) is 54.5. The number of phenols is 1. The van der Waals surface area contributed by atoms with Crippen LogP contribution in [-0.2, 0) is 62.4 Å². The molecule has 26 heteroatoms. The standard InChI is InChI=1S/C48H67N13O12S/c1-3-26(2)39(45(70)57-34(21-29-23-52-25-54-29)46(71)61-18-8-12-37(61)44(69)58-35(47(72)73)20-27-9-5-4-6-10-27)60-42(67)33(19-28-13-15-30(62)16-14-28)56-43(68)36(24-74)59-41(66)32(11-7-17-53-48(50)51)55-40(65)31(49)22-38(63)64/h4-6,9-10,13-16,23,25-26,31-37,39,62,74H,3,7-8,11-12,17-22,24,49H2,1-2H3,(H,52,54)(H,55,65)(H,56,68)(H,57,70)(H,58,69)(H,59,66)(H,60,67)(H,63,64)(H,72,73)(H4,50,51,53)/t26-,31-,32-,33-,34-,35-,36-,37-,39-/m0/s1. The Morgan fingerprint density at radius 3 is 2.00 bits per heavy atom. The van der Waals surface area contributed by atoms with Crippen molar-refractivity contribution in [3.8, 4) is 5.75 Å². The molecule has 3 aromatic rings. The first kappa shape index (κ1) is 58.8. The average Bonchev–Trinajstić information content (AvgIpc) is 4.08. The van der Waals surface area contributed by atoms with E-state index in [4.69, 9.17) is 22.3 Å². The van der Waals surface area contributed by atoms with Gasteiger partial charge in [-0.15, -0.1) is 0 Å². The monoisotopic (exact) mass is 1050 g/mol. The van der Waals surface area contributed by atoms with Gasteiger partial charge in [0, 0.05) is 50.0 Å². The number of aromatic nitrogens is 2. The van der Waals surface area contributed by atoms with Crippen LogP contribution in [-0.4, -0.2) is 157 Å². The molecular weight excluding hydrogens is 983 g/mol. The Morgan fingerprint density at radius 2 is 1.39 bits per heavy atom. The van der Waals surface area contributed by atoms with Crippen molar-refractivity contribution >= 4 is 71.9 Å². The Labute approximate surface area is 432 Å². The van der Waals surface area contributed by atoms with Crippen molar-refractivity contribution in [1.29, 1.82) is 0 Å². The van der Waals surface area contributed by atoms with Crippen LogP contribution >= 0.6 is 12.6 Å². The molecule has 7 amide bonds. The fourth-order valence-electron chi connectivity index (χ4n) is 8.00. The molecule has 25 nitrogen and oxygen atoms in total. The third kappa shape index (κ3) is 18.4. The maximum atomic E-state index is 14.5. The number of hydrogen-bond acceptors (Lipinski definition) is 14. The number of thiol groups is 1. The summed E-state index contributed by atoms with van der Waals surface area (Å²) in [5.74, 6) is -9.56. The number of likely N-dealkylation sites (tertiary alicyclic amines) is 1. The quantitative estimate of drug-likeness (QED) is 0.0154. The first-order valence-electron chi connectivity index (χ1n) is 24.0. The Morgan fingerprint density at radius 1 is 0.784 bits per heavy atom. The van der Waals surface area contributed by atoms with Crippen LogP contribution in [0.4, 0.5) is 0 Å². The lowest BCUT2D eigenvalue weighted by Crippen LogP contribution is -2.61. The molecule has 0 aliphatic carbocycles. The van der Waals surface area contributed by atoms with Crippen molar-refractivity contribution in [2.45, 2.75) is 120 Å². The Kier molecular flexibility index (Phi) is 23.1. The van der Waals surface area contributed by atoms with Gasteiger partial charge in [0.1, 0.15) is 48.0 Å². The van der Waals surface area contributed by atoms with Crippen molar-refractivity contribution in [3.05, 3.63) is 83.9 Å². The van der Waals surface area contributed by atoms with Gasteiger partial charge in [-0.2, -0.15) is 12.6 Å². The number of nitrogens with two attached hydrogens (primary N) is 3. The number of rotatable bonds is 29. The molecular formula is C48H67N13O12S. The number of benzene rings is 2. The molecule has 0 bridgehead atoms. The van der Waals surface area contributed by atoms with Gasteiger partial charge in [0.15, 0.2) is 5.96 Å². The molecule has 9 atom stereocenters. The van der Waals surface area contributed by atoms with Crippen molar-refractivity contribution in [1.82, 2.24) is 46.8 Å². The SMILES string of the molecule is CC[C@H](C)[C@H](NC(=O)[C@H](Cc1ccc(O)cc1)NC(=O)[C@H](CS)NC(=O)[C@H](CCCN=C(N)N)NC(=O)[C@@H](N)CC(=O)O)C(=O)N[C@@H](Cc1cnc[nH]1)C(=O)N1CCC[C@H]1C(=O)N[C@@H](Cc1ccccc1)C(=O)O. The predicted octanol–water partition coefficient (Wildman–Crippen LogP) is -2.04. The minimum Gasteiger partial charge on any atom is -0.508 e. The van der Waals surface area contributed by atoms with Crippen LogP contribution in [0.15, 0.2) is 72.1 Å². The second kappa shape index (κ2) is 29.1. The lowest BCUT2D eigenvalue weighted by molar-refractivity contribution is -0.145. The van der Waals surface area contributed by atoms with E-state index in [0.717, 1.165) is 0 Å². The number of carbonyl (C=O) groups is 9. The predicted molar refractivity (Wildman–Crippen MR) is 272 cm³/mol. The van der Waals surface area contributed by atoms with Gasteiger partial charge in [-0.25, -0.2) is 9.78 Å². The van der Waals surface area contributed by atoms with E-state index in [0.29, 0.717) is 29.7 Å². The molecule has 2 heterocycles. The Balaban J connectivity index is 1.57. The lowest BCUT2D eigenvalue weighted by Gasteiger charge is -2.32. The number of H-pyrrole nitrogens is 1. The summed E-state index contributed by atoms with van der Waals surface area (Å²) >= 11 is 4.26. The summed E-state index contributed by atoms with van der Waals surface area (Å²) in [4.78, 5) is 133. The topological polar surface area (TPSA) is 409 Å². The van der Waals surface area contributed by atoms with Crippen LogP contribution in [0.2, 0.25) is 0 Å². The number of carboxylic acid groups (broad SMARTS) is 2. The molecule has 1 aromatic heterocycles. The van der Waals surface area contributed by atoms with Crippen LogP contribution < -0.4 is 49.1 Å². The average molecular weight is 1050 g/mol. The number of aromatic hydroxyl groups is 1. The number of nitrogens with one attached hydrogen (secondary N) is 7. The van der Waals surface area contributed by atoms with Crippen LogP contribution in [0, 0.1) is 5.92 Å². The number of carbonyl (C=O) groups excluding carboxylic acids is 7. The van der Waals surface area contributed by atoms with Crippen LogP contribution in [0.5, 0.6) is 5.75 Å². The number of nitrogens with zero attached hydrogens (tertiary/aromatic N) is 3. The van der Waals surface area contributed by atoms with Gasteiger partial charge in [-0.1, -0.05) is 62.7 Å². The van der Waals surface area contributed by atoms with Gasteiger partial charge < -0.3 is 74.3 Å². The zero-order valence-electron chi connectivity index (χ0n) is 41.1.